The van der Waals surface area contributed by atoms with Crippen molar-refractivity contribution in [2.24, 2.45) is 11.3 Å². The second kappa shape index (κ2) is 4.34. The minimum atomic E-state index is 0.219. The first-order chi connectivity index (χ1) is 7.42. The highest BCUT2D eigenvalue weighted by Crippen LogP contribution is 2.52. The molecule has 1 fully saturated rings. The molecule has 2 rings (SSSR count). The predicted molar refractivity (Wildman–Crippen MR) is 73.5 cm³/mol. The molecule has 1 heterocycles. The monoisotopic (exact) mass is 256 g/mol. The van der Waals surface area contributed by atoms with Crippen molar-refractivity contribution >= 4 is 22.9 Å². The molecule has 1 aromatic heterocycles. The molecule has 0 aliphatic heterocycles. The van der Waals surface area contributed by atoms with Gasteiger partial charge in [-0.05, 0) is 49.7 Å². The summed E-state index contributed by atoms with van der Waals surface area (Å²) < 4.78 is 0. The highest BCUT2D eigenvalue weighted by atomic mass is 35.5. The molecule has 0 nitrogen and oxygen atoms in total. The fourth-order valence-electron chi connectivity index (χ4n) is 3.01. The van der Waals surface area contributed by atoms with Crippen molar-refractivity contribution in [3.63, 3.8) is 0 Å². The lowest BCUT2D eigenvalue weighted by atomic mass is 9.79. The summed E-state index contributed by atoms with van der Waals surface area (Å²) in [6, 6.07) is 2.26. The van der Waals surface area contributed by atoms with E-state index in [0.29, 0.717) is 11.3 Å². The van der Waals surface area contributed by atoms with Crippen molar-refractivity contribution in [3.8, 4) is 0 Å². The van der Waals surface area contributed by atoms with Crippen molar-refractivity contribution in [2.75, 3.05) is 0 Å². The predicted octanol–water partition coefficient (Wildman–Crippen LogP) is 5.47. The first-order valence-electron chi connectivity index (χ1n) is 6.13. The van der Waals surface area contributed by atoms with E-state index in [9.17, 15) is 0 Å². The van der Waals surface area contributed by atoms with E-state index in [4.69, 9.17) is 11.6 Å². The first-order valence-corrected chi connectivity index (χ1v) is 7.38. The Morgan fingerprint density at radius 1 is 1.44 bits per heavy atom. The molecule has 1 aliphatic rings. The molecule has 0 amide bonds. The average molecular weight is 257 g/mol. The number of rotatable bonds is 2. The van der Waals surface area contributed by atoms with Crippen LogP contribution in [0.5, 0.6) is 0 Å². The van der Waals surface area contributed by atoms with E-state index in [1.54, 1.807) is 0 Å². The van der Waals surface area contributed by atoms with Gasteiger partial charge in [0.15, 0.2) is 0 Å². The standard InChI is InChI=1S/C14H21ClS/c1-9-8-10(2)16-13(9)12(15)11-6-5-7-14(11,3)4/h8,11-12H,5-7H2,1-4H3. The molecule has 0 bridgehead atoms. The van der Waals surface area contributed by atoms with Crippen LogP contribution in [0.3, 0.4) is 0 Å². The van der Waals surface area contributed by atoms with Crippen LogP contribution in [0.15, 0.2) is 6.07 Å². The van der Waals surface area contributed by atoms with Gasteiger partial charge in [0.2, 0.25) is 0 Å². The highest BCUT2D eigenvalue weighted by molar-refractivity contribution is 7.12. The number of thiophene rings is 1. The Hall–Kier alpha value is -0.0100. The Morgan fingerprint density at radius 3 is 2.56 bits per heavy atom. The van der Waals surface area contributed by atoms with Crippen molar-refractivity contribution < 1.29 is 0 Å². The van der Waals surface area contributed by atoms with Gasteiger partial charge in [-0.25, -0.2) is 0 Å². The normalized spacial score (nSPS) is 25.9. The number of hydrogen-bond acceptors (Lipinski definition) is 1. The minimum absolute atomic E-state index is 0.219. The summed E-state index contributed by atoms with van der Waals surface area (Å²) in [6.45, 7) is 9.10. The Bertz CT molecular complexity index is 378. The second-order valence-electron chi connectivity index (χ2n) is 5.79. The molecule has 16 heavy (non-hydrogen) atoms. The topological polar surface area (TPSA) is 0 Å². The van der Waals surface area contributed by atoms with E-state index in [-0.39, 0.29) is 5.38 Å². The zero-order chi connectivity index (χ0) is 11.9. The van der Waals surface area contributed by atoms with Gasteiger partial charge in [-0.3, -0.25) is 0 Å². The zero-order valence-electron chi connectivity index (χ0n) is 10.6. The SMILES string of the molecule is Cc1cc(C)c(C(Cl)C2CCCC2(C)C)s1. The quantitative estimate of drug-likeness (QED) is 0.616. The van der Waals surface area contributed by atoms with E-state index in [0.717, 1.165) is 0 Å². The molecular formula is C14H21ClS. The van der Waals surface area contributed by atoms with Crippen LogP contribution in [0.1, 0.15) is 53.8 Å². The molecule has 0 N–H and O–H groups in total. The van der Waals surface area contributed by atoms with E-state index in [1.165, 1.54) is 34.6 Å². The molecule has 0 aromatic carbocycles. The fraction of sp³-hybridized carbons (Fsp3) is 0.714. The van der Waals surface area contributed by atoms with E-state index in [2.05, 4.69) is 33.8 Å². The first kappa shape index (κ1) is 12.4. The highest BCUT2D eigenvalue weighted by Gasteiger charge is 2.40. The molecule has 0 saturated heterocycles. The lowest BCUT2D eigenvalue weighted by Gasteiger charge is -2.30. The van der Waals surface area contributed by atoms with Crippen LogP contribution >= 0.6 is 22.9 Å². The van der Waals surface area contributed by atoms with Crippen molar-refractivity contribution in [3.05, 3.63) is 21.4 Å². The number of hydrogen-bond donors (Lipinski definition) is 0. The summed E-state index contributed by atoms with van der Waals surface area (Å²) in [6.07, 6.45) is 3.95. The third kappa shape index (κ3) is 2.17. The van der Waals surface area contributed by atoms with Gasteiger partial charge < -0.3 is 0 Å². The van der Waals surface area contributed by atoms with Gasteiger partial charge in [-0.2, -0.15) is 0 Å². The Labute approximate surface area is 108 Å². The lowest BCUT2D eigenvalue weighted by molar-refractivity contribution is 0.253. The lowest BCUT2D eigenvalue weighted by Crippen LogP contribution is -2.21. The molecule has 0 radical (unpaired) electrons. The van der Waals surface area contributed by atoms with Crippen LogP contribution in [0.25, 0.3) is 0 Å². The molecule has 1 saturated carbocycles. The number of alkyl halides is 1. The third-order valence-electron chi connectivity index (χ3n) is 4.02. The molecular weight excluding hydrogens is 236 g/mol. The van der Waals surface area contributed by atoms with Crippen LogP contribution in [0, 0.1) is 25.2 Å². The summed E-state index contributed by atoms with van der Waals surface area (Å²) in [5.74, 6) is 0.644. The van der Waals surface area contributed by atoms with Crippen molar-refractivity contribution in [1.82, 2.24) is 0 Å². The maximum atomic E-state index is 6.73. The summed E-state index contributed by atoms with van der Waals surface area (Å²) in [5, 5.41) is 0.219. The molecule has 0 spiro atoms. The van der Waals surface area contributed by atoms with Crippen molar-refractivity contribution in [2.45, 2.75) is 52.3 Å². The summed E-state index contributed by atoms with van der Waals surface area (Å²) in [4.78, 5) is 2.79. The van der Waals surface area contributed by atoms with Crippen LogP contribution in [-0.2, 0) is 0 Å². The fourth-order valence-corrected chi connectivity index (χ4v) is 4.86. The van der Waals surface area contributed by atoms with E-state index in [1.807, 2.05) is 11.3 Å². The van der Waals surface area contributed by atoms with Gasteiger partial charge in [0.05, 0.1) is 5.38 Å². The van der Waals surface area contributed by atoms with Gasteiger partial charge in [-0.15, -0.1) is 22.9 Å². The second-order valence-corrected chi connectivity index (χ2v) is 7.55. The van der Waals surface area contributed by atoms with Gasteiger partial charge >= 0.3 is 0 Å². The van der Waals surface area contributed by atoms with Gasteiger partial charge in [0.25, 0.3) is 0 Å². The maximum absolute atomic E-state index is 6.73. The molecule has 1 aliphatic carbocycles. The number of halogens is 1. The van der Waals surface area contributed by atoms with Gasteiger partial charge in [-0.1, -0.05) is 20.3 Å². The Kier molecular flexibility index (Phi) is 3.38. The van der Waals surface area contributed by atoms with Crippen LogP contribution in [-0.4, -0.2) is 0 Å². The molecule has 2 heteroatoms. The Balaban J connectivity index is 2.25. The summed E-state index contributed by atoms with van der Waals surface area (Å²) in [5.41, 5.74) is 1.79. The van der Waals surface area contributed by atoms with Crippen LogP contribution in [0.2, 0.25) is 0 Å². The summed E-state index contributed by atoms with van der Waals surface area (Å²) >= 11 is 8.60. The van der Waals surface area contributed by atoms with Crippen LogP contribution < -0.4 is 0 Å². The van der Waals surface area contributed by atoms with Crippen molar-refractivity contribution in [1.29, 1.82) is 0 Å². The Morgan fingerprint density at radius 2 is 2.12 bits per heavy atom. The van der Waals surface area contributed by atoms with Gasteiger partial charge in [0.1, 0.15) is 0 Å². The van der Waals surface area contributed by atoms with E-state index < -0.39 is 0 Å². The molecule has 90 valence electrons. The smallest absolute Gasteiger partial charge is 0.0714 e. The minimum Gasteiger partial charge on any atom is -0.144 e. The third-order valence-corrected chi connectivity index (χ3v) is 5.91. The van der Waals surface area contributed by atoms with Crippen LogP contribution in [0.4, 0.5) is 0 Å². The molecule has 2 atom stereocenters. The molecule has 2 unspecified atom stereocenters. The number of aryl methyl sites for hydroxylation is 2. The van der Waals surface area contributed by atoms with E-state index >= 15 is 0 Å². The average Bonchev–Trinajstić information content (AvgIpc) is 2.68. The van der Waals surface area contributed by atoms with Gasteiger partial charge in [0, 0.05) is 9.75 Å². The maximum Gasteiger partial charge on any atom is 0.0714 e. The zero-order valence-corrected chi connectivity index (χ0v) is 12.2. The molecule has 1 aromatic rings. The largest absolute Gasteiger partial charge is 0.144 e. The summed E-state index contributed by atoms with van der Waals surface area (Å²) in [7, 11) is 0.